The molecular weight excluding hydrogens is 342 g/mol. The van der Waals surface area contributed by atoms with E-state index in [1.165, 1.54) is 0 Å². The smallest absolute Gasteiger partial charge is 0.314 e. The quantitative estimate of drug-likeness (QED) is 0.581. The minimum Gasteiger partial charge on any atom is -0.385 e. The SMILES string of the molecule is COCCCNC(=O)NCC1CCC(CNC(=O)c2ccc(C)cc2)CC1. The second-order valence-corrected chi connectivity index (χ2v) is 7.45. The number of urea groups is 1. The van der Waals surface area contributed by atoms with Crippen LogP contribution in [0.5, 0.6) is 0 Å². The molecule has 150 valence electrons. The Morgan fingerprint density at radius 2 is 1.56 bits per heavy atom. The second kappa shape index (κ2) is 11.6. The van der Waals surface area contributed by atoms with Gasteiger partial charge in [-0.1, -0.05) is 17.7 Å². The lowest BCUT2D eigenvalue weighted by molar-refractivity contribution is 0.0941. The minimum absolute atomic E-state index is 0.00364. The summed E-state index contributed by atoms with van der Waals surface area (Å²) in [4.78, 5) is 23.9. The summed E-state index contributed by atoms with van der Waals surface area (Å²) in [5.41, 5.74) is 1.87. The Labute approximate surface area is 162 Å². The number of rotatable bonds is 9. The molecular formula is C21H33N3O3. The average Bonchev–Trinajstić information content (AvgIpc) is 2.69. The summed E-state index contributed by atoms with van der Waals surface area (Å²) < 4.78 is 4.96. The third-order valence-electron chi connectivity index (χ3n) is 5.19. The van der Waals surface area contributed by atoms with Crippen molar-refractivity contribution in [3.05, 3.63) is 35.4 Å². The number of carbonyl (C=O) groups excluding carboxylic acids is 2. The van der Waals surface area contributed by atoms with Crippen LogP contribution in [0, 0.1) is 18.8 Å². The van der Waals surface area contributed by atoms with Crippen molar-refractivity contribution in [3.63, 3.8) is 0 Å². The van der Waals surface area contributed by atoms with Gasteiger partial charge in [0.05, 0.1) is 0 Å². The average molecular weight is 376 g/mol. The van der Waals surface area contributed by atoms with Gasteiger partial charge in [0.25, 0.3) is 5.91 Å². The van der Waals surface area contributed by atoms with Crippen molar-refractivity contribution in [2.75, 3.05) is 33.4 Å². The van der Waals surface area contributed by atoms with Gasteiger partial charge in [-0.15, -0.1) is 0 Å². The van der Waals surface area contributed by atoms with E-state index >= 15 is 0 Å². The molecule has 1 aromatic carbocycles. The van der Waals surface area contributed by atoms with E-state index in [1.54, 1.807) is 7.11 Å². The van der Waals surface area contributed by atoms with Crippen molar-refractivity contribution in [2.45, 2.75) is 39.0 Å². The highest BCUT2D eigenvalue weighted by molar-refractivity contribution is 5.94. The maximum Gasteiger partial charge on any atom is 0.314 e. The van der Waals surface area contributed by atoms with Crippen molar-refractivity contribution in [3.8, 4) is 0 Å². The van der Waals surface area contributed by atoms with Gasteiger partial charge in [0.1, 0.15) is 0 Å². The summed E-state index contributed by atoms with van der Waals surface area (Å²) in [7, 11) is 1.66. The molecule has 6 heteroatoms. The van der Waals surface area contributed by atoms with E-state index < -0.39 is 0 Å². The highest BCUT2D eigenvalue weighted by Gasteiger charge is 2.22. The molecule has 1 saturated carbocycles. The highest BCUT2D eigenvalue weighted by Crippen LogP contribution is 2.28. The van der Waals surface area contributed by atoms with Gasteiger partial charge < -0.3 is 20.7 Å². The Hall–Kier alpha value is -2.08. The number of amides is 3. The summed E-state index contributed by atoms with van der Waals surface area (Å²) in [6.45, 7) is 4.75. The van der Waals surface area contributed by atoms with Crippen LogP contribution in [0.25, 0.3) is 0 Å². The molecule has 0 heterocycles. The molecule has 0 atom stereocenters. The van der Waals surface area contributed by atoms with Gasteiger partial charge in [-0.2, -0.15) is 0 Å². The van der Waals surface area contributed by atoms with Crippen molar-refractivity contribution in [2.24, 2.45) is 11.8 Å². The van der Waals surface area contributed by atoms with E-state index in [9.17, 15) is 9.59 Å². The van der Waals surface area contributed by atoms with Crippen LogP contribution in [-0.2, 0) is 4.74 Å². The van der Waals surface area contributed by atoms with Gasteiger partial charge in [0.2, 0.25) is 0 Å². The fourth-order valence-electron chi connectivity index (χ4n) is 3.40. The van der Waals surface area contributed by atoms with Gasteiger partial charge in [0.15, 0.2) is 0 Å². The van der Waals surface area contributed by atoms with E-state index in [1.807, 2.05) is 31.2 Å². The van der Waals surface area contributed by atoms with Crippen LogP contribution in [0.15, 0.2) is 24.3 Å². The summed E-state index contributed by atoms with van der Waals surface area (Å²) in [6, 6.07) is 7.56. The third kappa shape index (κ3) is 7.99. The summed E-state index contributed by atoms with van der Waals surface area (Å²) in [6.07, 6.45) is 5.19. The van der Waals surface area contributed by atoms with Crippen molar-refractivity contribution >= 4 is 11.9 Å². The molecule has 0 aromatic heterocycles. The molecule has 0 bridgehead atoms. The third-order valence-corrected chi connectivity index (χ3v) is 5.19. The maximum absolute atomic E-state index is 12.2. The zero-order chi connectivity index (χ0) is 19.5. The van der Waals surface area contributed by atoms with Crippen LogP contribution >= 0.6 is 0 Å². The molecule has 0 spiro atoms. The number of nitrogens with one attached hydrogen (secondary N) is 3. The standard InChI is InChI=1S/C21H33N3O3/c1-16-4-10-19(11-5-16)20(25)23-14-17-6-8-18(9-7-17)15-24-21(26)22-12-3-13-27-2/h4-5,10-11,17-18H,3,6-9,12-15H2,1-2H3,(H,23,25)(H2,22,24,26). The first-order valence-electron chi connectivity index (χ1n) is 9.94. The fraction of sp³-hybridized carbons (Fsp3) is 0.619. The highest BCUT2D eigenvalue weighted by atomic mass is 16.5. The Morgan fingerprint density at radius 1 is 0.963 bits per heavy atom. The summed E-state index contributed by atoms with van der Waals surface area (Å²) in [5, 5.41) is 8.86. The number of carbonyl (C=O) groups is 2. The van der Waals surface area contributed by atoms with Crippen molar-refractivity contribution in [1.29, 1.82) is 0 Å². The second-order valence-electron chi connectivity index (χ2n) is 7.45. The molecule has 0 aliphatic heterocycles. The molecule has 1 fully saturated rings. The monoisotopic (exact) mass is 375 g/mol. The normalized spacial score (nSPS) is 19.3. The number of ether oxygens (including phenoxy) is 1. The lowest BCUT2D eigenvalue weighted by Gasteiger charge is -2.28. The zero-order valence-corrected chi connectivity index (χ0v) is 16.6. The van der Waals surface area contributed by atoms with Crippen molar-refractivity contribution in [1.82, 2.24) is 16.0 Å². The van der Waals surface area contributed by atoms with Gasteiger partial charge in [0, 0.05) is 38.9 Å². The summed E-state index contributed by atoms with van der Waals surface area (Å²) in [5.74, 6) is 1.06. The van der Waals surface area contributed by atoms with Gasteiger partial charge in [-0.25, -0.2) is 4.79 Å². The first kappa shape index (κ1) is 21.2. The molecule has 0 radical (unpaired) electrons. The fourth-order valence-corrected chi connectivity index (χ4v) is 3.40. The van der Waals surface area contributed by atoms with Crippen molar-refractivity contribution < 1.29 is 14.3 Å². The molecule has 1 aromatic rings. The Morgan fingerprint density at radius 3 is 2.15 bits per heavy atom. The largest absolute Gasteiger partial charge is 0.385 e. The molecule has 2 rings (SSSR count). The molecule has 6 nitrogen and oxygen atoms in total. The Kier molecular flexibility index (Phi) is 9.11. The van der Waals surface area contributed by atoms with Gasteiger partial charge >= 0.3 is 6.03 Å². The van der Waals surface area contributed by atoms with E-state index in [-0.39, 0.29) is 11.9 Å². The van der Waals surface area contributed by atoms with Crippen LogP contribution in [0.2, 0.25) is 0 Å². The topological polar surface area (TPSA) is 79.5 Å². The first-order valence-corrected chi connectivity index (χ1v) is 9.94. The Balaban J connectivity index is 1.57. The maximum atomic E-state index is 12.2. The number of methoxy groups -OCH3 is 1. The predicted molar refractivity (Wildman–Crippen MR) is 107 cm³/mol. The van der Waals surface area contributed by atoms with E-state index in [0.717, 1.165) is 56.3 Å². The molecule has 3 amide bonds. The zero-order valence-electron chi connectivity index (χ0n) is 16.6. The lowest BCUT2D eigenvalue weighted by atomic mass is 9.82. The van der Waals surface area contributed by atoms with E-state index in [0.29, 0.717) is 25.0 Å². The summed E-state index contributed by atoms with van der Waals surface area (Å²) >= 11 is 0. The van der Waals surface area contributed by atoms with E-state index in [2.05, 4.69) is 16.0 Å². The number of hydrogen-bond acceptors (Lipinski definition) is 3. The van der Waals surface area contributed by atoms with E-state index in [4.69, 9.17) is 4.74 Å². The van der Waals surface area contributed by atoms with Crippen LogP contribution in [0.4, 0.5) is 4.79 Å². The number of aryl methyl sites for hydroxylation is 1. The van der Waals surface area contributed by atoms with Gasteiger partial charge in [-0.05, 0) is 63.0 Å². The molecule has 3 N–H and O–H groups in total. The molecule has 0 saturated heterocycles. The minimum atomic E-state index is -0.0985. The predicted octanol–water partition coefficient (Wildman–Crippen LogP) is 2.87. The molecule has 1 aliphatic carbocycles. The molecule has 1 aliphatic rings. The van der Waals surface area contributed by atoms with Crippen LogP contribution in [0.1, 0.15) is 48.0 Å². The van der Waals surface area contributed by atoms with Crippen LogP contribution in [-0.4, -0.2) is 45.3 Å². The molecule has 0 unspecified atom stereocenters. The van der Waals surface area contributed by atoms with Gasteiger partial charge in [-0.3, -0.25) is 4.79 Å². The first-order chi connectivity index (χ1) is 13.1. The number of benzene rings is 1. The van der Waals surface area contributed by atoms with Crippen LogP contribution in [0.3, 0.4) is 0 Å². The molecule has 27 heavy (non-hydrogen) atoms. The Bertz CT molecular complexity index is 581. The lowest BCUT2D eigenvalue weighted by Crippen LogP contribution is -2.40. The number of hydrogen-bond donors (Lipinski definition) is 3. The van der Waals surface area contributed by atoms with Crippen LogP contribution < -0.4 is 16.0 Å².